The highest BCUT2D eigenvalue weighted by Crippen LogP contribution is 2.30. The first-order chi connectivity index (χ1) is 15.3. The van der Waals surface area contributed by atoms with Crippen molar-refractivity contribution in [2.24, 2.45) is 0 Å². The van der Waals surface area contributed by atoms with Crippen LogP contribution in [0.2, 0.25) is 0 Å². The minimum absolute atomic E-state index is 0.261. The molecule has 5 nitrogen and oxygen atoms in total. The first kappa shape index (κ1) is 21.0. The Labute approximate surface area is 181 Å². The highest BCUT2D eigenvalue weighted by molar-refractivity contribution is 5.77. The average molecular weight is 419 g/mol. The normalized spacial score (nSPS) is 15.5. The van der Waals surface area contributed by atoms with Crippen LogP contribution in [0.5, 0.6) is 5.75 Å². The summed E-state index contributed by atoms with van der Waals surface area (Å²) in [5.74, 6) is 0.937. The van der Waals surface area contributed by atoms with Crippen LogP contribution in [0.4, 0.5) is 4.39 Å². The highest BCUT2D eigenvalue weighted by atomic mass is 19.1. The zero-order valence-corrected chi connectivity index (χ0v) is 17.9. The van der Waals surface area contributed by atoms with Crippen molar-refractivity contribution in [3.63, 3.8) is 0 Å². The molecule has 1 fully saturated rings. The summed E-state index contributed by atoms with van der Waals surface area (Å²) in [6.07, 6.45) is 7.87. The second-order valence-corrected chi connectivity index (χ2v) is 7.22. The third kappa shape index (κ3) is 4.44. The van der Waals surface area contributed by atoms with E-state index in [1.54, 1.807) is 24.4 Å². The molecule has 6 heteroatoms. The van der Waals surface area contributed by atoms with Gasteiger partial charge in [-0.3, -0.25) is 9.38 Å². The zero-order chi connectivity index (χ0) is 21.6. The summed E-state index contributed by atoms with van der Waals surface area (Å²) >= 11 is 0. The first-order valence-electron chi connectivity index (χ1n) is 10.8. The average Bonchev–Trinajstić information content (AvgIpc) is 3.48. The predicted octanol–water partition coefficient (Wildman–Crippen LogP) is 5.57. The van der Waals surface area contributed by atoms with Gasteiger partial charge in [-0.1, -0.05) is 50.2 Å². The maximum Gasteiger partial charge on any atom is 0.165 e. The fourth-order valence-corrected chi connectivity index (χ4v) is 3.81. The van der Waals surface area contributed by atoms with Gasteiger partial charge < -0.3 is 10.1 Å². The molecule has 0 saturated carbocycles. The number of nitrogens with zero attached hydrogens (tertiary/aromatic N) is 3. The molecule has 31 heavy (non-hydrogen) atoms. The van der Waals surface area contributed by atoms with Gasteiger partial charge in [0.05, 0.1) is 23.4 Å². The molecule has 160 valence electrons. The van der Waals surface area contributed by atoms with E-state index in [9.17, 15) is 4.39 Å². The van der Waals surface area contributed by atoms with Gasteiger partial charge >= 0.3 is 0 Å². The van der Waals surface area contributed by atoms with Gasteiger partial charge in [-0.2, -0.15) is 0 Å². The maximum absolute atomic E-state index is 13.7. The predicted molar refractivity (Wildman–Crippen MR) is 120 cm³/mol. The number of fused-ring (bicyclic) bond motifs is 1. The maximum atomic E-state index is 13.7. The zero-order valence-electron chi connectivity index (χ0n) is 17.9. The van der Waals surface area contributed by atoms with Gasteiger partial charge in [-0.15, -0.1) is 0 Å². The van der Waals surface area contributed by atoms with Crippen molar-refractivity contribution in [3.05, 3.63) is 84.3 Å². The number of halogens is 1. The summed E-state index contributed by atoms with van der Waals surface area (Å²) < 4.78 is 21.4. The van der Waals surface area contributed by atoms with Crippen molar-refractivity contribution in [2.45, 2.75) is 39.3 Å². The van der Waals surface area contributed by atoms with Gasteiger partial charge in [0, 0.05) is 18.0 Å². The van der Waals surface area contributed by atoms with Crippen molar-refractivity contribution in [1.29, 1.82) is 0 Å². The molecule has 0 aliphatic carbocycles. The van der Waals surface area contributed by atoms with Gasteiger partial charge in [0.2, 0.25) is 0 Å². The van der Waals surface area contributed by atoms with Gasteiger partial charge in [0.25, 0.3) is 0 Å². The van der Waals surface area contributed by atoms with Crippen LogP contribution in [-0.2, 0) is 6.61 Å². The quantitative estimate of drug-likeness (QED) is 0.461. The van der Waals surface area contributed by atoms with Gasteiger partial charge in [-0.05, 0) is 37.1 Å². The van der Waals surface area contributed by atoms with Crippen LogP contribution in [-0.4, -0.2) is 20.9 Å². The van der Waals surface area contributed by atoms with E-state index in [1.165, 1.54) is 6.07 Å². The summed E-state index contributed by atoms with van der Waals surface area (Å²) in [5.41, 5.74) is 3.90. The summed E-state index contributed by atoms with van der Waals surface area (Å²) in [7, 11) is 0. The molecule has 1 atom stereocenters. The lowest BCUT2D eigenvalue weighted by molar-refractivity contribution is 0.290. The van der Waals surface area contributed by atoms with E-state index in [4.69, 9.17) is 9.72 Å². The van der Waals surface area contributed by atoms with Gasteiger partial charge in [0.15, 0.2) is 11.6 Å². The van der Waals surface area contributed by atoms with Crippen molar-refractivity contribution >= 4 is 5.52 Å². The Hall–Kier alpha value is -3.25. The largest absolute Gasteiger partial charge is 0.486 e. The molecule has 4 aromatic rings. The van der Waals surface area contributed by atoms with Crippen molar-refractivity contribution in [2.75, 3.05) is 6.54 Å². The van der Waals surface area contributed by atoms with Crippen molar-refractivity contribution in [1.82, 2.24) is 19.7 Å². The Bertz CT molecular complexity index is 1130. The van der Waals surface area contributed by atoms with E-state index in [2.05, 4.69) is 14.7 Å². The van der Waals surface area contributed by atoms with Crippen molar-refractivity contribution in [3.8, 4) is 17.0 Å². The molecule has 1 N–H and O–H groups in total. The van der Waals surface area contributed by atoms with Gasteiger partial charge in [0.1, 0.15) is 12.4 Å². The lowest BCUT2D eigenvalue weighted by atomic mass is 10.1. The highest BCUT2D eigenvalue weighted by Gasteiger charge is 2.23. The van der Waals surface area contributed by atoms with E-state index in [1.807, 2.05) is 50.5 Å². The Balaban J connectivity index is 0.00000112. The van der Waals surface area contributed by atoms with Crippen LogP contribution in [0.25, 0.3) is 16.8 Å². The molecule has 5 rings (SSSR count). The Morgan fingerprint density at radius 1 is 1.13 bits per heavy atom. The number of benzene rings is 2. The topological polar surface area (TPSA) is 51.5 Å². The van der Waals surface area contributed by atoms with Crippen LogP contribution in [0.15, 0.2) is 67.1 Å². The first-order valence-corrected chi connectivity index (χ1v) is 10.8. The Morgan fingerprint density at radius 2 is 1.94 bits per heavy atom. The third-order valence-corrected chi connectivity index (χ3v) is 5.30. The molecule has 1 aliphatic rings. The molecule has 0 bridgehead atoms. The minimum atomic E-state index is -0.353. The van der Waals surface area contributed by atoms with Crippen LogP contribution in [0.3, 0.4) is 0 Å². The molecule has 1 aliphatic heterocycles. The van der Waals surface area contributed by atoms with E-state index < -0.39 is 0 Å². The fourth-order valence-electron chi connectivity index (χ4n) is 3.81. The molecule has 1 unspecified atom stereocenters. The standard InChI is InChI=1S/C23H21FN4O.C2H6/c24-18-4-1-2-6-21(18)29-15-16-7-9-17(10-8-16)22-20-14-25-12-13-28(20)23(27-22)19-5-3-11-26-19;1-2/h1-2,4,6-10,12-14,19,26H,3,5,11,15H2;1-2H3. The molecule has 0 radical (unpaired) electrons. The lowest BCUT2D eigenvalue weighted by Gasteiger charge is -2.08. The number of ether oxygens (including phenoxy) is 1. The second kappa shape index (κ2) is 9.71. The molecule has 3 heterocycles. The molecular weight excluding hydrogens is 391 g/mol. The summed E-state index contributed by atoms with van der Waals surface area (Å²) in [5, 5.41) is 3.52. The molecule has 2 aromatic heterocycles. The second-order valence-electron chi connectivity index (χ2n) is 7.22. The van der Waals surface area contributed by atoms with Crippen LogP contribution in [0, 0.1) is 5.82 Å². The van der Waals surface area contributed by atoms with E-state index >= 15 is 0 Å². The van der Waals surface area contributed by atoms with Gasteiger partial charge in [-0.25, -0.2) is 9.37 Å². The van der Waals surface area contributed by atoms with E-state index in [0.29, 0.717) is 6.61 Å². The fraction of sp³-hybridized carbons (Fsp3) is 0.280. The van der Waals surface area contributed by atoms with Crippen molar-refractivity contribution < 1.29 is 9.13 Å². The monoisotopic (exact) mass is 418 g/mol. The summed E-state index contributed by atoms with van der Waals surface area (Å²) in [6.45, 7) is 5.33. The summed E-state index contributed by atoms with van der Waals surface area (Å²) in [4.78, 5) is 9.25. The number of nitrogens with one attached hydrogen (secondary N) is 1. The number of rotatable bonds is 5. The SMILES string of the molecule is CC.Fc1ccccc1OCc1ccc(-c2nc(C3CCCN3)n3ccncc23)cc1. The molecular formula is C25H27FN4O. The van der Waals surface area contributed by atoms with Crippen LogP contribution < -0.4 is 10.1 Å². The molecule has 0 amide bonds. The van der Waals surface area contributed by atoms with Crippen LogP contribution >= 0.6 is 0 Å². The molecule has 2 aromatic carbocycles. The number of hydrogen-bond donors (Lipinski definition) is 1. The van der Waals surface area contributed by atoms with Crippen LogP contribution in [0.1, 0.15) is 44.1 Å². The number of para-hydroxylation sites is 1. The summed E-state index contributed by atoms with van der Waals surface area (Å²) in [6, 6.07) is 14.7. The third-order valence-electron chi connectivity index (χ3n) is 5.30. The number of imidazole rings is 1. The number of hydrogen-bond acceptors (Lipinski definition) is 4. The number of aromatic nitrogens is 3. The minimum Gasteiger partial charge on any atom is -0.486 e. The Morgan fingerprint density at radius 3 is 2.68 bits per heavy atom. The smallest absolute Gasteiger partial charge is 0.165 e. The lowest BCUT2D eigenvalue weighted by Crippen LogP contribution is -2.15. The Kier molecular flexibility index (Phi) is 6.57. The van der Waals surface area contributed by atoms with E-state index in [-0.39, 0.29) is 17.6 Å². The molecule has 0 spiro atoms. The van der Waals surface area contributed by atoms with E-state index in [0.717, 1.165) is 47.5 Å². The molecule has 1 saturated heterocycles.